The van der Waals surface area contributed by atoms with Gasteiger partial charge >= 0.3 is 0 Å². The first kappa shape index (κ1) is 27.9. The number of rotatable bonds is 7. The SMILES string of the molecule is COCCN1C2=C(C(=O)CC(C)(C)C2)C(c2ccccc2OCc2ccccc2Br)C2=C1CC(C)(C)CC2=O. The van der Waals surface area contributed by atoms with Crippen LogP contribution in [0.15, 0.2) is 75.5 Å². The first-order chi connectivity index (χ1) is 18.5. The molecule has 0 amide bonds. The Morgan fingerprint density at radius 2 is 1.41 bits per heavy atom. The van der Waals surface area contributed by atoms with Gasteiger partial charge in [-0.2, -0.15) is 0 Å². The number of methoxy groups -OCH3 is 1. The van der Waals surface area contributed by atoms with Crippen LogP contribution < -0.4 is 4.74 Å². The Labute approximate surface area is 240 Å². The van der Waals surface area contributed by atoms with Crippen LogP contribution in [0.3, 0.4) is 0 Å². The summed E-state index contributed by atoms with van der Waals surface area (Å²) in [7, 11) is 1.70. The van der Waals surface area contributed by atoms with Crippen molar-refractivity contribution in [1.29, 1.82) is 0 Å². The number of hydrogen-bond acceptors (Lipinski definition) is 5. The molecule has 0 radical (unpaired) electrons. The number of hydrogen-bond donors (Lipinski definition) is 0. The molecule has 39 heavy (non-hydrogen) atoms. The Kier molecular flexibility index (Phi) is 7.64. The Balaban J connectivity index is 1.68. The summed E-state index contributed by atoms with van der Waals surface area (Å²) in [5, 5.41) is 0. The van der Waals surface area contributed by atoms with E-state index in [0.717, 1.165) is 51.0 Å². The highest BCUT2D eigenvalue weighted by Crippen LogP contribution is 2.55. The lowest BCUT2D eigenvalue weighted by atomic mass is 9.63. The van der Waals surface area contributed by atoms with E-state index in [9.17, 15) is 9.59 Å². The second-order valence-electron chi connectivity index (χ2n) is 12.6. The van der Waals surface area contributed by atoms with Gasteiger partial charge in [-0.15, -0.1) is 0 Å². The molecule has 2 aliphatic carbocycles. The van der Waals surface area contributed by atoms with E-state index in [0.29, 0.717) is 38.3 Å². The number of para-hydroxylation sites is 1. The molecule has 2 aromatic rings. The first-order valence-corrected chi connectivity index (χ1v) is 14.5. The van der Waals surface area contributed by atoms with Crippen LogP contribution in [-0.4, -0.2) is 36.7 Å². The number of ether oxygens (including phenoxy) is 2. The number of halogens is 1. The van der Waals surface area contributed by atoms with Gasteiger partial charge in [0.15, 0.2) is 11.6 Å². The van der Waals surface area contributed by atoms with E-state index in [-0.39, 0.29) is 22.4 Å². The van der Waals surface area contributed by atoms with Gasteiger partial charge in [0.1, 0.15) is 12.4 Å². The zero-order valence-corrected chi connectivity index (χ0v) is 25.2. The van der Waals surface area contributed by atoms with Crippen molar-refractivity contribution < 1.29 is 19.1 Å². The normalized spacial score (nSPS) is 20.7. The summed E-state index contributed by atoms with van der Waals surface area (Å²) in [5.41, 5.74) is 5.21. The summed E-state index contributed by atoms with van der Waals surface area (Å²) in [6.45, 7) is 10.2. The summed E-state index contributed by atoms with van der Waals surface area (Å²) in [6.07, 6.45) is 2.48. The number of Topliss-reactive ketones (excluding diaryl/α,β-unsaturated/α-hetero) is 2. The fraction of sp³-hybridized carbons (Fsp3) is 0.455. The second kappa shape index (κ2) is 10.7. The highest BCUT2D eigenvalue weighted by Gasteiger charge is 2.49. The fourth-order valence-electron chi connectivity index (χ4n) is 6.43. The Hall–Kier alpha value is -2.70. The molecule has 0 fully saturated rings. The lowest BCUT2D eigenvalue weighted by Crippen LogP contribution is -2.45. The van der Waals surface area contributed by atoms with E-state index < -0.39 is 5.92 Å². The fourth-order valence-corrected chi connectivity index (χ4v) is 6.83. The lowest BCUT2D eigenvalue weighted by Gasteiger charge is -2.49. The molecule has 206 valence electrons. The van der Waals surface area contributed by atoms with Crippen molar-refractivity contribution in [2.75, 3.05) is 20.3 Å². The van der Waals surface area contributed by atoms with Crippen LogP contribution in [0.4, 0.5) is 0 Å². The van der Waals surface area contributed by atoms with Crippen LogP contribution in [0.5, 0.6) is 5.75 Å². The predicted octanol–water partition coefficient (Wildman–Crippen LogP) is 7.36. The molecule has 1 aliphatic heterocycles. The maximum absolute atomic E-state index is 14.0. The maximum Gasteiger partial charge on any atom is 0.162 e. The molecule has 0 spiro atoms. The van der Waals surface area contributed by atoms with E-state index in [1.165, 1.54) is 0 Å². The van der Waals surface area contributed by atoms with Crippen molar-refractivity contribution in [3.05, 3.63) is 86.7 Å². The molecule has 6 heteroatoms. The van der Waals surface area contributed by atoms with Crippen molar-refractivity contribution >= 4 is 27.5 Å². The molecule has 2 aromatic carbocycles. The molecule has 5 rings (SSSR count). The monoisotopic (exact) mass is 591 g/mol. The smallest absolute Gasteiger partial charge is 0.162 e. The maximum atomic E-state index is 14.0. The van der Waals surface area contributed by atoms with E-state index in [2.05, 4.69) is 48.5 Å². The molecule has 5 nitrogen and oxygen atoms in total. The van der Waals surface area contributed by atoms with E-state index >= 15 is 0 Å². The average Bonchev–Trinajstić information content (AvgIpc) is 2.85. The van der Waals surface area contributed by atoms with Gasteiger partial charge in [0.05, 0.1) is 6.61 Å². The molecule has 0 aromatic heterocycles. The van der Waals surface area contributed by atoms with Crippen LogP contribution >= 0.6 is 15.9 Å². The molecule has 0 unspecified atom stereocenters. The van der Waals surface area contributed by atoms with Gasteiger partial charge in [-0.05, 0) is 35.8 Å². The minimum atomic E-state index is -0.434. The summed E-state index contributed by atoms with van der Waals surface area (Å²) in [5.74, 6) is 0.519. The summed E-state index contributed by atoms with van der Waals surface area (Å²) >= 11 is 3.62. The Morgan fingerprint density at radius 3 is 2.00 bits per heavy atom. The van der Waals surface area contributed by atoms with Gasteiger partial charge in [0.2, 0.25) is 0 Å². The number of carbonyl (C=O) groups excluding carboxylic acids is 2. The minimum absolute atomic E-state index is 0.124. The molecule has 1 heterocycles. The zero-order chi connectivity index (χ0) is 27.9. The molecule has 0 saturated heterocycles. The van der Waals surface area contributed by atoms with Crippen LogP contribution in [0.2, 0.25) is 0 Å². The van der Waals surface area contributed by atoms with Crippen molar-refractivity contribution in [3.8, 4) is 5.75 Å². The van der Waals surface area contributed by atoms with Gasteiger partial charge < -0.3 is 14.4 Å². The highest BCUT2D eigenvalue weighted by atomic mass is 79.9. The number of ketones is 2. The Bertz CT molecular complexity index is 1320. The topological polar surface area (TPSA) is 55.8 Å². The Morgan fingerprint density at radius 1 is 0.846 bits per heavy atom. The van der Waals surface area contributed by atoms with Crippen molar-refractivity contribution in [2.45, 2.75) is 65.9 Å². The number of benzene rings is 2. The largest absolute Gasteiger partial charge is 0.489 e. The van der Waals surface area contributed by atoms with Crippen LogP contribution in [-0.2, 0) is 20.9 Å². The van der Waals surface area contributed by atoms with Crippen molar-refractivity contribution in [3.63, 3.8) is 0 Å². The van der Waals surface area contributed by atoms with Gasteiger partial charge in [-0.3, -0.25) is 9.59 Å². The van der Waals surface area contributed by atoms with Gasteiger partial charge in [0.25, 0.3) is 0 Å². The number of nitrogens with zero attached hydrogens (tertiary/aromatic N) is 1. The average molecular weight is 593 g/mol. The van der Waals surface area contributed by atoms with E-state index in [4.69, 9.17) is 9.47 Å². The van der Waals surface area contributed by atoms with E-state index in [1.807, 2.05) is 48.5 Å². The molecular formula is C33H38BrNO4. The van der Waals surface area contributed by atoms with Gasteiger partial charge in [-0.1, -0.05) is 80.0 Å². The van der Waals surface area contributed by atoms with E-state index in [1.54, 1.807) is 7.11 Å². The zero-order valence-electron chi connectivity index (χ0n) is 23.6. The number of carbonyl (C=O) groups is 2. The van der Waals surface area contributed by atoms with Crippen molar-refractivity contribution in [1.82, 2.24) is 4.90 Å². The van der Waals surface area contributed by atoms with Crippen molar-refractivity contribution in [2.24, 2.45) is 10.8 Å². The third-order valence-corrected chi connectivity index (χ3v) is 8.89. The summed E-state index contributed by atoms with van der Waals surface area (Å²) in [4.78, 5) is 30.2. The highest BCUT2D eigenvalue weighted by molar-refractivity contribution is 9.10. The summed E-state index contributed by atoms with van der Waals surface area (Å²) in [6, 6.07) is 15.9. The molecule has 0 bridgehead atoms. The predicted molar refractivity (Wildman–Crippen MR) is 156 cm³/mol. The summed E-state index contributed by atoms with van der Waals surface area (Å²) < 4.78 is 12.9. The number of allylic oxidation sites excluding steroid dienone is 4. The third-order valence-electron chi connectivity index (χ3n) is 8.11. The molecule has 0 saturated carbocycles. The second-order valence-corrected chi connectivity index (χ2v) is 13.5. The van der Waals surface area contributed by atoms with Gasteiger partial charge in [0, 0.05) is 70.6 Å². The standard InChI is InChI=1S/C33H38BrNO4/c1-32(2)16-24-30(26(36)18-32)29(31-25(35(24)14-15-38-5)17-33(3,4)19-27(31)37)22-11-7-9-13-28(22)39-20-21-10-6-8-12-23(21)34/h6-13,29H,14-20H2,1-5H3. The molecule has 0 atom stereocenters. The minimum Gasteiger partial charge on any atom is -0.489 e. The molecular weight excluding hydrogens is 554 g/mol. The van der Waals surface area contributed by atoms with Crippen LogP contribution in [0, 0.1) is 10.8 Å². The third kappa shape index (κ3) is 5.51. The van der Waals surface area contributed by atoms with Crippen LogP contribution in [0.25, 0.3) is 0 Å². The molecule has 0 N–H and O–H groups in total. The quantitative estimate of drug-likeness (QED) is 0.336. The molecule has 3 aliphatic rings. The van der Waals surface area contributed by atoms with Gasteiger partial charge in [-0.25, -0.2) is 0 Å². The van der Waals surface area contributed by atoms with Crippen LogP contribution in [0.1, 0.15) is 70.4 Å². The first-order valence-electron chi connectivity index (χ1n) is 13.8. The lowest BCUT2D eigenvalue weighted by molar-refractivity contribution is -0.119.